The fraction of sp³-hybridized carbons (Fsp3) is 0.174. The molecule has 3 amide bonds. The molecule has 30 heavy (non-hydrogen) atoms. The standard InChI is InChI=1S/C23H22ClN3O3/c1-15-19(24)10-5-11-20(15)25-21(28)12-13-22(29)26-27-23(30)14-17-8-4-7-16-6-2-3-9-18(16)17/h2-11H,12-14H2,1H3,(H,25,28)(H,26,29)(H,27,30). The van der Waals surface area contributed by atoms with Crippen molar-refractivity contribution in [3.63, 3.8) is 0 Å². The molecular formula is C23H22ClN3O3. The zero-order chi connectivity index (χ0) is 21.5. The van der Waals surface area contributed by atoms with Crippen LogP contribution in [0.15, 0.2) is 60.7 Å². The molecule has 6 nitrogen and oxygen atoms in total. The molecule has 3 aromatic rings. The van der Waals surface area contributed by atoms with Crippen molar-refractivity contribution in [2.75, 3.05) is 5.32 Å². The summed E-state index contributed by atoms with van der Waals surface area (Å²) in [4.78, 5) is 36.2. The van der Waals surface area contributed by atoms with Gasteiger partial charge in [0.1, 0.15) is 0 Å². The van der Waals surface area contributed by atoms with Crippen LogP contribution in [0.1, 0.15) is 24.0 Å². The first kappa shape index (κ1) is 21.3. The van der Waals surface area contributed by atoms with Gasteiger partial charge >= 0.3 is 0 Å². The number of rotatable bonds is 6. The Labute approximate surface area is 179 Å². The second-order valence-electron chi connectivity index (χ2n) is 6.87. The van der Waals surface area contributed by atoms with Crippen molar-refractivity contribution >= 4 is 45.8 Å². The van der Waals surface area contributed by atoms with Crippen LogP contribution in [0.4, 0.5) is 5.69 Å². The smallest absolute Gasteiger partial charge is 0.242 e. The minimum Gasteiger partial charge on any atom is -0.326 e. The Hall–Kier alpha value is -3.38. The number of carbonyl (C=O) groups is 3. The molecule has 0 saturated carbocycles. The van der Waals surface area contributed by atoms with Gasteiger partial charge in [-0.05, 0) is 41.0 Å². The number of carbonyl (C=O) groups excluding carboxylic acids is 3. The molecule has 0 radical (unpaired) electrons. The lowest BCUT2D eigenvalue weighted by atomic mass is 10.0. The van der Waals surface area contributed by atoms with Gasteiger partial charge in [0.25, 0.3) is 0 Å². The van der Waals surface area contributed by atoms with Gasteiger partial charge in [-0.3, -0.25) is 25.2 Å². The lowest BCUT2D eigenvalue weighted by molar-refractivity contribution is -0.129. The van der Waals surface area contributed by atoms with E-state index in [0.29, 0.717) is 10.7 Å². The van der Waals surface area contributed by atoms with Crippen LogP contribution >= 0.6 is 11.6 Å². The number of hydrazine groups is 1. The molecule has 0 spiro atoms. The number of anilines is 1. The van der Waals surface area contributed by atoms with E-state index >= 15 is 0 Å². The molecule has 7 heteroatoms. The summed E-state index contributed by atoms with van der Waals surface area (Å²) in [7, 11) is 0. The Balaban J connectivity index is 1.44. The Kier molecular flexibility index (Phi) is 7.03. The van der Waals surface area contributed by atoms with Gasteiger partial charge in [-0.2, -0.15) is 0 Å². The highest BCUT2D eigenvalue weighted by atomic mass is 35.5. The predicted octanol–water partition coefficient (Wildman–Crippen LogP) is 3.91. The summed E-state index contributed by atoms with van der Waals surface area (Å²) in [5.74, 6) is -1.09. The summed E-state index contributed by atoms with van der Waals surface area (Å²) in [5, 5.41) is 5.33. The van der Waals surface area contributed by atoms with Crippen LogP contribution in [-0.2, 0) is 20.8 Å². The molecule has 0 aliphatic carbocycles. The van der Waals surface area contributed by atoms with Crippen molar-refractivity contribution in [1.82, 2.24) is 10.9 Å². The van der Waals surface area contributed by atoms with Gasteiger partial charge in [-0.1, -0.05) is 60.1 Å². The summed E-state index contributed by atoms with van der Waals surface area (Å²) >= 11 is 6.03. The van der Waals surface area contributed by atoms with Crippen molar-refractivity contribution in [2.24, 2.45) is 0 Å². The van der Waals surface area contributed by atoms with Crippen LogP contribution in [-0.4, -0.2) is 17.7 Å². The van der Waals surface area contributed by atoms with Gasteiger partial charge < -0.3 is 5.32 Å². The molecule has 3 rings (SSSR count). The van der Waals surface area contributed by atoms with Gasteiger partial charge in [0.15, 0.2) is 0 Å². The van der Waals surface area contributed by atoms with E-state index in [2.05, 4.69) is 16.2 Å². The highest BCUT2D eigenvalue weighted by Crippen LogP contribution is 2.23. The van der Waals surface area contributed by atoms with Crippen LogP contribution in [0.3, 0.4) is 0 Å². The third-order valence-electron chi connectivity index (χ3n) is 4.69. The Morgan fingerprint density at radius 2 is 1.47 bits per heavy atom. The number of hydrogen-bond donors (Lipinski definition) is 3. The van der Waals surface area contributed by atoms with E-state index in [1.165, 1.54) is 0 Å². The molecular weight excluding hydrogens is 402 g/mol. The van der Waals surface area contributed by atoms with Crippen molar-refractivity contribution in [1.29, 1.82) is 0 Å². The molecule has 0 aliphatic heterocycles. The van der Waals surface area contributed by atoms with Crippen LogP contribution < -0.4 is 16.2 Å². The first-order valence-electron chi connectivity index (χ1n) is 9.53. The summed E-state index contributed by atoms with van der Waals surface area (Å²) in [6.45, 7) is 1.80. The summed E-state index contributed by atoms with van der Waals surface area (Å²) in [5.41, 5.74) is 6.99. The molecule has 0 bridgehead atoms. The van der Waals surface area contributed by atoms with Crippen LogP contribution in [0, 0.1) is 6.92 Å². The monoisotopic (exact) mass is 423 g/mol. The largest absolute Gasteiger partial charge is 0.326 e. The van der Waals surface area contributed by atoms with E-state index in [-0.39, 0.29) is 31.1 Å². The van der Waals surface area contributed by atoms with Crippen LogP contribution in [0.25, 0.3) is 10.8 Å². The minimum atomic E-state index is -0.445. The lowest BCUT2D eigenvalue weighted by Gasteiger charge is -2.10. The third kappa shape index (κ3) is 5.58. The van der Waals surface area contributed by atoms with E-state index < -0.39 is 5.91 Å². The van der Waals surface area contributed by atoms with Gasteiger partial charge in [0.2, 0.25) is 17.7 Å². The Morgan fingerprint density at radius 1 is 0.800 bits per heavy atom. The zero-order valence-electron chi connectivity index (χ0n) is 16.5. The molecule has 3 N–H and O–H groups in total. The van der Waals surface area contributed by atoms with Gasteiger partial charge in [-0.25, -0.2) is 0 Å². The number of hydrogen-bond acceptors (Lipinski definition) is 3. The van der Waals surface area contributed by atoms with Crippen molar-refractivity contribution in [3.8, 4) is 0 Å². The first-order valence-corrected chi connectivity index (χ1v) is 9.91. The van der Waals surface area contributed by atoms with Gasteiger partial charge in [0.05, 0.1) is 6.42 Å². The number of benzene rings is 3. The van der Waals surface area contributed by atoms with Gasteiger partial charge in [0, 0.05) is 23.6 Å². The molecule has 0 saturated heterocycles. The van der Waals surface area contributed by atoms with E-state index in [0.717, 1.165) is 21.9 Å². The topological polar surface area (TPSA) is 87.3 Å². The van der Waals surface area contributed by atoms with Crippen LogP contribution in [0.2, 0.25) is 5.02 Å². The maximum atomic E-state index is 12.2. The second-order valence-corrected chi connectivity index (χ2v) is 7.28. The maximum absolute atomic E-state index is 12.2. The fourth-order valence-electron chi connectivity index (χ4n) is 3.05. The van der Waals surface area contributed by atoms with Crippen molar-refractivity contribution in [3.05, 3.63) is 76.8 Å². The summed E-state index contributed by atoms with van der Waals surface area (Å²) in [6.07, 6.45) is 0.0626. The van der Waals surface area contributed by atoms with E-state index in [1.807, 2.05) is 42.5 Å². The number of amides is 3. The highest BCUT2D eigenvalue weighted by Gasteiger charge is 2.11. The highest BCUT2D eigenvalue weighted by molar-refractivity contribution is 6.31. The zero-order valence-corrected chi connectivity index (χ0v) is 17.3. The van der Waals surface area contributed by atoms with E-state index in [4.69, 9.17) is 11.6 Å². The normalized spacial score (nSPS) is 10.5. The minimum absolute atomic E-state index is 0.0169. The number of fused-ring (bicyclic) bond motifs is 1. The molecule has 154 valence electrons. The predicted molar refractivity (Wildman–Crippen MR) is 118 cm³/mol. The molecule has 0 fully saturated rings. The van der Waals surface area contributed by atoms with Gasteiger partial charge in [-0.15, -0.1) is 0 Å². The average Bonchev–Trinajstić information content (AvgIpc) is 2.74. The Bertz CT molecular complexity index is 1090. The fourth-order valence-corrected chi connectivity index (χ4v) is 3.22. The summed E-state index contributed by atoms with van der Waals surface area (Å²) < 4.78 is 0. The quantitative estimate of drug-likeness (QED) is 0.525. The Morgan fingerprint density at radius 3 is 2.30 bits per heavy atom. The lowest BCUT2D eigenvalue weighted by Crippen LogP contribution is -2.42. The van der Waals surface area contributed by atoms with E-state index in [1.54, 1.807) is 25.1 Å². The molecule has 0 aromatic heterocycles. The molecule has 0 aliphatic rings. The number of halogens is 1. The SMILES string of the molecule is Cc1c(Cl)cccc1NC(=O)CCC(=O)NNC(=O)Cc1cccc2ccccc12. The molecule has 0 unspecified atom stereocenters. The summed E-state index contributed by atoms with van der Waals surface area (Å²) in [6, 6.07) is 18.8. The third-order valence-corrected chi connectivity index (χ3v) is 5.10. The van der Waals surface area contributed by atoms with Crippen molar-refractivity contribution < 1.29 is 14.4 Å². The molecule has 0 heterocycles. The van der Waals surface area contributed by atoms with Crippen molar-refractivity contribution in [2.45, 2.75) is 26.2 Å². The molecule has 0 atom stereocenters. The maximum Gasteiger partial charge on any atom is 0.242 e. The second kappa shape index (κ2) is 9.89. The van der Waals surface area contributed by atoms with Crippen LogP contribution in [0.5, 0.6) is 0 Å². The van der Waals surface area contributed by atoms with E-state index in [9.17, 15) is 14.4 Å². The average molecular weight is 424 g/mol. The first-order chi connectivity index (χ1) is 14.4. The molecule has 3 aromatic carbocycles. The number of nitrogens with one attached hydrogen (secondary N) is 3.